The lowest BCUT2D eigenvalue weighted by Gasteiger charge is -2.28. The highest BCUT2D eigenvalue weighted by atomic mass is 16.6. The van der Waals surface area contributed by atoms with Crippen LogP contribution in [0.2, 0.25) is 0 Å². The number of aryl methyl sites for hydroxylation is 1. The third kappa shape index (κ3) is 4.96. The number of hydrogen-bond acceptors (Lipinski definition) is 5. The Morgan fingerprint density at radius 1 is 1.27 bits per heavy atom. The summed E-state index contributed by atoms with van der Waals surface area (Å²) < 4.78 is 5.24. The van der Waals surface area contributed by atoms with Crippen LogP contribution in [-0.4, -0.2) is 55.6 Å². The van der Waals surface area contributed by atoms with Gasteiger partial charge in [-0.2, -0.15) is 0 Å². The molecule has 0 spiro atoms. The zero-order chi connectivity index (χ0) is 23.5. The number of hydrogen-bond donors (Lipinski definition) is 3. The Kier molecular flexibility index (Phi) is 6.85. The van der Waals surface area contributed by atoms with Crippen LogP contribution in [-0.2, 0) is 9.63 Å². The van der Waals surface area contributed by atoms with E-state index in [2.05, 4.69) is 27.7 Å². The van der Waals surface area contributed by atoms with E-state index in [0.717, 1.165) is 42.0 Å². The van der Waals surface area contributed by atoms with Gasteiger partial charge in [-0.05, 0) is 82.9 Å². The largest absolute Gasteiger partial charge is 0.497 e. The third-order valence-electron chi connectivity index (χ3n) is 6.63. The zero-order valence-electron chi connectivity index (χ0n) is 19.7. The van der Waals surface area contributed by atoms with Crippen molar-refractivity contribution in [1.82, 2.24) is 15.4 Å². The Bertz CT molecular complexity index is 1080. The molecule has 0 aliphatic carbocycles. The second-order valence-corrected chi connectivity index (χ2v) is 8.90. The van der Waals surface area contributed by atoms with Gasteiger partial charge in [0.05, 0.1) is 30.5 Å². The molecule has 2 amide bonds. The molecule has 3 heterocycles. The first kappa shape index (κ1) is 23.1. The molecule has 1 fully saturated rings. The molecular formula is C25H32N4O4. The molecule has 1 saturated heterocycles. The molecule has 0 saturated carbocycles. The number of carbonyl (C=O) groups excluding carboxylic acids is 2. The first-order chi connectivity index (χ1) is 15.9. The summed E-state index contributed by atoms with van der Waals surface area (Å²) in [7, 11) is 3.74. The number of nitrogens with one attached hydrogen (secondary N) is 3. The van der Waals surface area contributed by atoms with Gasteiger partial charge in [-0.15, -0.1) is 0 Å². The number of rotatable bonds is 7. The SMILES string of the molecule is COc1ccc2c(c1)NC(=O)/C2=C\c1[nH]c(C)c(C(=O)NOCCC2CCN(C)CC2)c1C. The average molecular weight is 453 g/mol. The summed E-state index contributed by atoms with van der Waals surface area (Å²) in [6.45, 7) is 6.45. The van der Waals surface area contributed by atoms with Crippen molar-refractivity contribution in [2.45, 2.75) is 33.1 Å². The Balaban J connectivity index is 1.42. The minimum atomic E-state index is -0.282. The number of aromatic nitrogens is 1. The number of amides is 2. The molecule has 0 atom stereocenters. The molecular weight excluding hydrogens is 420 g/mol. The van der Waals surface area contributed by atoms with Crippen molar-refractivity contribution in [2.24, 2.45) is 5.92 Å². The van der Waals surface area contributed by atoms with E-state index in [1.165, 1.54) is 12.8 Å². The maximum atomic E-state index is 12.8. The van der Waals surface area contributed by atoms with E-state index >= 15 is 0 Å². The van der Waals surface area contributed by atoms with Crippen LogP contribution in [0.25, 0.3) is 11.6 Å². The number of methoxy groups -OCH3 is 1. The van der Waals surface area contributed by atoms with Crippen LogP contribution in [0, 0.1) is 19.8 Å². The molecule has 2 aliphatic heterocycles. The summed E-state index contributed by atoms with van der Waals surface area (Å²) in [4.78, 5) is 36.4. The smallest absolute Gasteiger partial charge is 0.276 e. The standard InChI is InChI=1S/C25H32N4O4/c1-15-21(14-20-19-6-5-18(32-4)13-22(19)27-24(20)30)26-16(2)23(15)25(31)28-33-12-9-17-7-10-29(3)11-8-17/h5-6,13-14,17,26H,7-12H2,1-4H3,(H,27,30)(H,28,31)/b20-14-. The molecule has 0 bridgehead atoms. The highest BCUT2D eigenvalue weighted by Gasteiger charge is 2.26. The van der Waals surface area contributed by atoms with Crippen LogP contribution >= 0.6 is 0 Å². The predicted octanol–water partition coefficient (Wildman–Crippen LogP) is 3.53. The van der Waals surface area contributed by atoms with Gasteiger partial charge in [0.2, 0.25) is 0 Å². The van der Waals surface area contributed by atoms with Crippen molar-refractivity contribution in [3.63, 3.8) is 0 Å². The number of ether oxygens (including phenoxy) is 1. The maximum Gasteiger partial charge on any atom is 0.276 e. The van der Waals surface area contributed by atoms with E-state index in [1.54, 1.807) is 19.3 Å². The number of hydroxylamine groups is 1. The highest BCUT2D eigenvalue weighted by Crippen LogP contribution is 2.36. The molecule has 2 aromatic rings. The van der Waals surface area contributed by atoms with Gasteiger partial charge in [-0.3, -0.25) is 14.4 Å². The van der Waals surface area contributed by atoms with E-state index in [0.29, 0.717) is 35.1 Å². The molecule has 3 N–H and O–H groups in total. The van der Waals surface area contributed by atoms with Gasteiger partial charge in [0, 0.05) is 23.0 Å². The number of anilines is 1. The molecule has 0 unspecified atom stereocenters. The monoisotopic (exact) mass is 452 g/mol. The second-order valence-electron chi connectivity index (χ2n) is 8.90. The van der Waals surface area contributed by atoms with E-state index in [-0.39, 0.29) is 11.8 Å². The molecule has 1 aromatic carbocycles. The van der Waals surface area contributed by atoms with Crippen molar-refractivity contribution >= 4 is 29.2 Å². The minimum Gasteiger partial charge on any atom is -0.497 e. The number of H-pyrrole nitrogens is 1. The quantitative estimate of drug-likeness (QED) is 0.339. The summed E-state index contributed by atoms with van der Waals surface area (Å²) in [6.07, 6.45) is 5.07. The topological polar surface area (TPSA) is 95.7 Å². The number of fused-ring (bicyclic) bond motifs is 1. The second kappa shape index (κ2) is 9.80. The first-order valence-corrected chi connectivity index (χ1v) is 11.4. The number of nitrogens with zero attached hydrogens (tertiary/aromatic N) is 1. The predicted molar refractivity (Wildman–Crippen MR) is 128 cm³/mol. The zero-order valence-corrected chi connectivity index (χ0v) is 19.7. The summed E-state index contributed by atoms with van der Waals surface area (Å²) in [5.74, 6) is 0.855. The van der Waals surface area contributed by atoms with Crippen LogP contribution in [0.1, 0.15) is 52.1 Å². The molecule has 2 aliphatic rings. The number of likely N-dealkylation sites (tertiary alicyclic amines) is 1. The van der Waals surface area contributed by atoms with Gasteiger partial charge >= 0.3 is 0 Å². The van der Waals surface area contributed by atoms with Crippen LogP contribution < -0.4 is 15.5 Å². The Morgan fingerprint density at radius 2 is 2.03 bits per heavy atom. The summed E-state index contributed by atoms with van der Waals surface area (Å²) in [5, 5.41) is 2.87. The fourth-order valence-corrected chi connectivity index (χ4v) is 4.59. The molecule has 1 aromatic heterocycles. The van der Waals surface area contributed by atoms with Crippen LogP contribution in [0.5, 0.6) is 5.75 Å². The third-order valence-corrected chi connectivity index (χ3v) is 6.63. The normalized spacial score (nSPS) is 17.8. The summed E-state index contributed by atoms with van der Waals surface area (Å²) >= 11 is 0. The van der Waals surface area contributed by atoms with Gasteiger partial charge in [-0.25, -0.2) is 5.48 Å². The van der Waals surface area contributed by atoms with Gasteiger partial charge < -0.3 is 19.9 Å². The number of piperidine rings is 1. The van der Waals surface area contributed by atoms with E-state index in [9.17, 15) is 9.59 Å². The lowest BCUT2D eigenvalue weighted by Crippen LogP contribution is -2.31. The van der Waals surface area contributed by atoms with Crippen LogP contribution in [0.4, 0.5) is 5.69 Å². The van der Waals surface area contributed by atoms with Crippen molar-refractivity contribution in [3.8, 4) is 5.75 Å². The van der Waals surface area contributed by atoms with E-state index < -0.39 is 0 Å². The molecule has 176 valence electrons. The van der Waals surface area contributed by atoms with Gasteiger partial charge in [0.25, 0.3) is 11.8 Å². The maximum absolute atomic E-state index is 12.8. The van der Waals surface area contributed by atoms with E-state index in [1.807, 2.05) is 26.0 Å². The van der Waals surface area contributed by atoms with Gasteiger partial charge in [0.15, 0.2) is 0 Å². The average Bonchev–Trinajstić information content (AvgIpc) is 3.26. The molecule has 4 rings (SSSR count). The summed E-state index contributed by atoms with van der Waals surface area (Å²) in [5.41, 5.74) is 7.39. The van der Waals surface area contributed by atoms with Crippen LogP contribution in [0.15, 0.2) is 18.2 Å². The van der Waals surface area contributed by atoms with Gasteiger partial charge in [0.1, 0.15) is 5.75 Å². The van der Waals surface area contributed by atoms with Crippen molar-refractivity contribution in [1.29, 1.82) is 0 Å². The molecule has 8 nitrogen and oxygen atoms in total. The lowest BCUT2D eigenvalue weighted by atomic mass is 9.94. The van der Waals surface area contributed by atoms with E-state index in [4.69, 9.17) is 9.57 Å². The van der Waals surface area contributed by atoms with Crippen LogP contribution in [0.3, 0.4) is 0 Å². The fraction of sp³-hybridized carbons (Fsp3) is 0.440. The Hall–Kier alpha value is -3.10. The minimum absolute atomic E-state index is 0.187. The molecule has 8 heteroatoms. The first-order valence-electron chi connectivity index (χ1n) is 11.4. The van der Waals surface area contributed by atoms with Crippen molar-refractivity contribution in [2.75, 3.05) is 39.2 Å². The lowest BCUT2D eigenvalue weighted by molar-refractivity contribution is -0.110. The number of benzene rings is 1. The molecule has 0 radical (unpaired) electrons. The Labute approximate surface area is 194 Å². The number of aromatic amines is 1. The highest BCUT2D eigenvalue weighted by molar-refractivity contribution is 6.35. The van der Waals surface area contributed by atoms with Crippen molar-refractivity contribution < 1.29 is 19.2 Å². The number of carbonyl (C=O) groups is 2. The fourth-order valence-electron chi connectivity index (χ4n) is 4.59. The van der Waals surface area contributed by atoms with Crippen molar-refractivity contribution in [3.05, 3.63) is 46.3 Å². The summed E-state index contributed by atoms with van der Waals surface area (Å²) in [6, 6.07) is 5.47. The van der Waals surface area contributed by atoms with Gasteiger partial charge in [-0.1, -0.05) is 0 Å². The Morgan fingerprint density at radius 3 is 2.76 bits per heavy atom. The molecule has 33 heavy (non-hydrogen) atoms.